The highest BCUT2D eigenvalue weighted by molar-refractivity contribution is 6.32. The van der Waals surface area contributed by atoms with Gasteiger partial charge in [-0.15, -0.1) is 0 Å². The van der Waals surface area contributed by atoms with Crippen LogP contribution in [0, 0.1) is 0 Å². The van der Waals surface area contributed by atoms with Gasteiger partial charge in [0.1, 0.15) is 0 Å². The molecule has 0 unspecified atom stereocenters. The molecular weight excluding hydrogens is 647 g/mol. The summed E-state index contributed by atoms with van der Waals surface area (Å²) in [6.07, 6.45) is 4.32. The summed E-state index contributed by atoms with van der Waals surface area (Å²) in [6, 6.07) is 14.2. The average molecular weight is 668 g/mol. The van der Waals surface area contributed by atoms with Crippen molar-refractivity contribution in [1.82, 2.24) is 13.7 Å². The van der Waals surface area contributed by atoms with E-state index in [1.165, 1.54) is 18.2 Å². The predicted molar refractivity (Wildman–Crippen MR) is 166 cm³/mol. The van der Waals surface area contributed by atoms with Gasteiger partial charge in [0, 0.05) is 15.1 Å². The van der Waals surface area contributed by atoms with E-state index in [1.54, 1.807) is 54.6 Å². The summed E-state index contributed by atoms with van der Waals surface area (Å²) in [5, 5.41) is 0.965. The molecule has 4 aromatic rings. The summed E-state index contributed by atoms with van der Waals surface area (Å²) in [4.78, 5) is 83.7. The van der Waals surface area contributed by atoms with Gasteiger partial charge in [-0.3, -0.25) is 0 Å². The van der Waals surface area contributed by atoms with Gasteiger partial charge >= 0.3 is 17.1 Å². The van der Waals surface area contributed by atoms with Crippen LogP contribution >= 0.6 is 34.8 Å². The SMILES string of the molecule is O=C=NCc1cc(Cn2c(=O)n(Cc3ccc(Cl)c(CN=C=O)c3)c(=O)n(Cc3ccc(Cl)c(CN=C=O)c3)c2=O)ccc1Cl. The topological polar surface area (TPSA) is 154 Å². The van der Waals surface area contributed by atoms with E-state index < -0.39 is 17.1 Å². The highest BCUT2D eigenvalue weighted by Gasteiger charge is 2.18. The van der Waals surface area contributed by atoms with E-state index in [2.05, 4.69) is 15.0 Å². The van der Waals surface area contributed by atoms with Crippen LogP contribution in [0.4, 0.5) is 0 Å². The maximum atomic E-state index is 13.7. The summed E-state index contributed by atoms with van der Waals surface area (Å²) < 4.78 is 2.70. The highest BCUT2D eigenvalue weighted by atomic mass is 35.5. The van der Waals surface area contributed by atoms with Crippen molar-refractivity contribution in [3.05, 3.63) is 134 Å². The molecule has 45 heavy (non-hydrogen) atoms. The minimum atomic E-state index is -0.886. The van der Waals surface area contributed by atoms with E-state index in [-0.39, 0.29) is 39.3 Å². The molecule has 0 bridgehead atoms. The Morgan fingerprint density at radius 2 is 0.756 bits per heavy atom. The molecule has 3 aromatic carbocycles. The molecule has 0 fully saturated rings. The largest absolute Gasteiger partial charge is 0.336 e. The first-order chi connectivity index (χ1) is 21.7. The Morgan fingerprint density at radius 1 is 0.489 bits per heavy atom. The zero-order valence-electron chi connectivity index (χ0n) is 23.2. The Hall–Kier alpha value is -4.92. The molecule has 0 atom stereocenters. The van der Waals surface area contributed by atoms with Gasteiger partial charge in [-0.25, -0.2) is 57.4 Å². The fraction of sp³-hybridized carbons (Fsp3) is 0.200. The first-order valence-corrected chi connectivity index (χ1v) is 14.2. The molecule has 0 aliphatic heterocycles. The molecule has 0 aliphatic carbocycles. The number of rotatable bonds is 12. The maximum absolute atomic E-state index is 13.7. The first kappa shape index (κ1) is 33.0. The van der Waals surface area contributed by atoms with Crippen LogP contribution in [-0.2, 0) is 53.7 Å². The van der Waals surface area contributed by atoms with Crippen LogP contribution in [0.5, 0.6) is 0 Å². The Labute approximate surface area is 269 Å². The molecule has 1 heterocycles. The van der Waals surface area contributed by atoms with Gasteiger partial charge in [-0.2, -0.15) is 0 Å². The number of hydrogen-bond acceptors (Lipinski definition) is 9. The van der Waals surface area contributed by atoms with E-state index in [1.807, 2.05) is 0 Å². The predicted octanol–water partition coefficient (Wildman–Crippen LogP) is 3.78. The van der Waals surface area contributed by atoms with E-state index in [0.717, 1.165) is 13.7 Å². The van der Waals surface area contributed by atoms with Gasteiger partial charge < -0.3 is 0 Å². The maximum Gasteiger partial charge on any atom is 0.336 e. The molecule has 228 valence electrons. The molecule has 0 N–H and O–H groups in total. The molecule has 15 heteroatoms. The lowest BCUT2D eigenvalue weighted by atomic mass is 10.1. The van der Waals surface area contributed by atoms with Gasteiger partial charge in [0.15, 0.2) is 0 Å². The van der Waals surface area contributed by atoms with Crippen LogP contribution in [-0.4, -0.2) is 31.9 Å². The molecule has 0 aliphatic rings. The quantitative estimate of drug-likeness (QED) is 0.166. The molecule has 12 nitrogen and oxygen atoms in total. The van der Waals surface area contributed by atoms with Crippen LogP contribution in [0.3, 0.4) is 0 Å². The van der Waals surface area contributed by atoms with Crippen molar-refractivity contribution in [3.63, 3.8) is 0 Å². The standard InChI is InChI=1S/C30H21Cl3N6O6/c31-25-4-1-19(7-22(25)10-34-16-40)13-37-28(43)38(14-20-2-5-26(32)23(8-20)11-35-17-41)30(45)39(29(37)44)15-21-3-6-27(33)24(9-21)12-36-18-42/h1-9H,10-15H2. The van der Waals surface area contributed by atoms with E-state index in [0.29, 0.717) is 48.4 Å². The van der Waals surface area contributed by atoms with Gasteiger partial charge in [0.25, 0.3) is 0 Å². The normalized spacial score (nSPS) is 10.5. The average Bonchev–Trinajstić information content (AvgIpc) is 3.03. The number of benzene rings is 3. The Kier molecular flexibility index (Phi) is 11.1. The van der Waals surface area contributed by atoms with E-state index >= 15 is 0 Å². The van der Waals surface area contributed by atoms with E-state index in [4.69, 9.17) is 34.8 Å². The molecule has 1 aromatic heterocycles. The van der Waals surface area contributed by atoms with Crippen molar-refractivity contribution in [2.75, 3.05) is 0 Å². The zero-order valence-corrected chi connectivity index (χ0v) is 25.5. The number of isocyanates is 3. The summed E-state index contributed by atoms with van der Waals surface area (Å²) in [5.41, 5.74) is 0.189. The second kappa shape index (κ2) is 15.2. The monoisotopic (exact) mass is 666 g/mol. The number of hydrogen-bond donors (Lipinski definition) is 0. The fourth-order valence-corrected chi connectivity index (χ4v) is 5.06. The molecule has 0 spiro atoms. The van der Waals surface area contributed by atoms with Crippen molar-refractivity contribution in [1.29, 1.82) is 0 Å². The molecule has 4 rings (SSSR count). The Balaban J connectivity index is 1.87. The van der Waals surface area contributed by atoms with Gasteiger partial charge in [-0.05, 0) is 51.6 Å². The summed E-state index contributed by atoms with van der Waals surface area (Å²) in [6.45, 7) is -0.912. The van der Waals surface area contributed by atoms with Crippen LogP contribution in [0.1, 0.15) is 33.4 Å². The molecule has 0 saturated heterocycles. The Bertz CT molecular complexity index is 1840. The van der Waals surface area contributed by atoms with Crippen LogP contribution in [0.2, 0.25) is 15.1 Å². The van der Waals surface area contributed by atoms with Crippen molar-refractivity contribution in [3.8, 4) is 0 Å². The number of aromatic nitrogens is 3. The molecule has 0 amide bonds. The summed E-state index contributed by atoms with van der Waals surface area (Å²) >= 11 is 18.6. The van der Waals surface area contributed by atoms with Crippen molar-refractivity contribution in [2.45, 2.75) is 39.3 Å². The van der Waals surface area contributed by atoms with Crippen molar-refractivity contribution in [2.24, 2.45) is 15.0 Å². The number of nitrogens with zero attached hydrogens (tertiary/aromatic N) is 6. The first-order valence-electron chi connectivity index (χ1n) is 13.0. The van der Waals surface area contributed by atoms with Gasteiger partial charge in [0.05, 0.1) is 39.3 Å². The number of carbonyl (C=O) groups excluding carboxylic acids is 3. The third-order valence-electron chi connectivity index (χ3n) is 6.68. The molecule has 0 radical (unpaired) electrons. The molecular formula is C30H21Cl3N6O6. The minimum Gasteiger partial charge on any atom is -0.247 e. The van der Waals surface area contributed by atoms with Crippen LogP contribution in [0.15, 0.2) is 84.0 Å². The van der Waals surface area contributed by atoms with Gasteiger partial charge in [0.2, 0.25) is 18.2 Å². The van der Waals surface area contributed by atoms with Crippen LogP contribution < -0.4 is 17.1 Å². The lowest BCUT2D eigenvalue weighted by Crippen LogP contribution is -2.54. The Morgan fingerprint density at radius 3 is 1.00 bits per heavy atom. The number of halogens is 3. The fourth-order valence-electron chi connectivity index (χ4n) is 4.53. The van der Waals surface area contributed by atoms with E-state index in [9.17, 15) is 28.8 Å². The molecule has 0 saturated carbocycles. The minimum absolute atomic E-state index is 0.0606. The summed E-state index contributed by atoms with van der Waals surface area (Å²) in [7, 11) is 0. The lowest BCUT2D eigenvalue weighted by Gasteiger charge is -2.16. The smallest absolute Gasteiger partial charge is 0.247 e. The highest BCUT2D eigenvalue weighted by Crippen LogP contribution is 2.21. The second-order valence-electron chi connectivity index (χ2n) is 9.61. The van der Waals surface area contributed by atoms with Crippen molar-refractivity contribution >= 4 is 53.0 Å². The van der Waals surface area contributed by atoms with Crippen molar-refractivity contribution < 1.29 is 14.4 Å². The van der Waals surface area contributed by atoms with Crippen LogP contribution in [0.25, 0.3) is 0 Å². The van der Waals surface area contributed by atoms with Gasteiger partial charge in [-0.1, -0.05) is 71.2 Å². The zero-order chi connectivity index (χ0) is 32.5. The second-order valence-corrected chi connectivity index (χ2v) is 10.8. The third kappa shape index (κ3) is 7.98. The lowest BCUT2D eigenvalue weighted by molar-refractivity contribution is 0.491. The summed E-state index contributed by atoms with van der Waals surface area (Å²) in [5.74, 6) is 0. The number of aliphatic imine (C=N–C) groups is 3. The third-order valence-corrected chi connectivity index (χ3v) is 7.79.